The Balaban J connectivity index is 1.99. The van der Waals surface area contributed by atoms with E-state index < -0.39 is 15.7 Å². The van der Waals surface area contributed by atoms with E-state index in [1.165, 1.54) is 30.5 Å². The molecule has 0 aliphatic carbocycles. The first-order valence-electron chi connectivity index (χ1n) is 10.6. The summed E-state index contributed by atoms with van der Waals surface area (Å²) >= 11 is 0. The normalized spacial score (nSPS) is 11.7. The lowest BCUT2D eigenvalue weighted by atomic mass is 10.2. The summed E-state index contributed by atoms with van der Waals surface area (Å²) in [6.07, 6.45) is 1.52. The minimum atomic E-state index is -3.81. The summed E-state index contributed by atoms with van der Waals surface area (Å²) in [4.78, 5) is 18.5. The van der Waals surface area contributed by atoms with Crippen LogP contribution >= 0.6 is 0 Å². The van der Waals surface area contributed by atoms with Crippen LogP contribution in [0.4, 0.5) is 4.39 Å². The summed E-state index contributed by atoms with van der Waals surface area (Å²) < 4.78 is 41.4. The largest absolute Gasteiger partial charge is 0.337 e. The van der Waals surface area contributed by atoms with Crippen molar-refractivity contribution in [1.82, 2.24) is 14.5 Å². The van der Waals surface area contributed by atoms with Gasteiger partial charge in [0.05, 0.1) is 30.7 Å². The summed E-state index contributed by atoms with van der Waals surface area (Å²) in [6, 6.07) is 14.9. The van der Waals surface area contributed by atoms with E-state index in [1.807, 2.05) is 51.1 Å². The smallest absolute Gasteiger partial charge is 0.228 e. The fraction of sp³-hybridized carbons (Fsp3) is 0.333. The van der Waals surface area contributed by atoms with E-state index in [-0.39, 0.29) is 29.3 Å². The second-order valence-corrected chi connectivity index (χ2v) is 9.88. The Labute approximate surface area is 188 Å². The third-order valence-corrected chi connectivity index (χ3v) is 6.77. The number of imidazole rings is 1. The van der Waals surface area contributed by atoms with Crippen LogP contribution in [0.5, 0.6) is 0 Å². The number of benzene rings is 2. The number of hydrogen-bond acceptors (Lipinski definition) is 4. The molecular formula is C24H28FN3O3S. The molecule has 1 aromatic heterocycles. The Kier molecular flexibility index (Phi) is 7.45. The molecule has 0 radical (unpaired) electrons. The van der Waals surface area contributed by atoms with Crippen LogP contribution < -0.4 is 0 Å². The van der Waals surface area contributed by atoms with Gasteiger partial charge in [0.1, 0.15) is 5.82 Å². The molecule has 3 aromatic rings. The number of rotatable bonds is 9. The molecule has 0 fully saturated rings. The Hall–Kier alpha value is -3.00. The molecule has 170 valence electrons. The lowest BCUT2D eigenvalue weighted by Gasteiger charge is -2.24. The number of hydrogen-bond donors (Lipinski definition) is 0. The van der Waals surface area contributed by atoms with Crippen LogP contribution in [0.3, 0.4) is 0 Å². The highest BCUT2D eigenvalue weighted by Gasteiger charge is 2.26. The molecular weight excluding hydrogens is 429 g/mol. The van der Waals surface area contributed by atoms with Gasteiger partial charge in [-0.15, -0.1) is 0 Å². The lowest BCUT2D eigenvalue weighted by Crippen LogP contribution is -2.34. The molecule has 0 bridgehead atoms. The maximum Gasteiger partial charge on any atom is 0.228 e. The average Bonchev–Trinajstić information content (AvgIpc) is 3.16. The fourth-order valence-corrected chi connectivity index (χ4v) is 4.96. The Morgan fingerprint density at radius 1 is 1.06 bits per heavy atom. The molecule has 0 N–H and O–H groups in total. The molecule has 1 heterocycles. The van der Waals surface area contributed by atoms with Crippen molar-refractivity contribution < 1.29 is 17.6 Å². The molecule has 0 saturated heterocycles. The molecule has 1 amide bonds. The molecule has 0 aliphatic heterocycles. The zero-order chi connectivity index (χ0) is 23.3. The van der Waals surface area contributed by atoms with Gasteiger partial charge in [-0.25, -0.2) is 17.8 Å². The van der Waals surface area contributed by atoms with Gasteiger partial charge in [-0.1, -0.05) is 56.3 Å². The van der Waals surface area contributed by atoms with Crippen molar-refractivity contribution in [3.8, 4) is 0 Å². The van der Waals surface area contributed by atoms with Crippen molar-refractivity contribution in [3.05, 3.63) is 83.4 Å². The van der Waals surface area contributed by atoms with Crippen molar-refractivity contribution in [1.29, 1.82) is 0 Å². The van der Waals surface area contributed by atoms with Crippen molar-refractivity contribution >= 4 is 15.7 Å². The van der Waals surface area contributed by atoms with Gasteiger partial charge in [0.15, 0.2) is 0 Å². The fourth-order valence-electron chi connectivity index (χ4n) is 3.47. The van der Waals surface area contributed by atoms with E-state index in [0.29, 0.717) is 24.3 Å². The number of carbonyl (C=O) groups excluding carboxylic acids is 1. The predicted octanol–water partition coefficient (Wildman–Crippen LogP) is 4.05. The van der Waals surface area contributed by atoms with Gasteiger partial charge in [-0.05, 0) is 30.2 Å². The number of amides is 1. The topological polar surface area (TPSA) is 72.3 Å². The molecule has 0 aliphatic rings. The molecule has 0 atom stereocenters. The van der Waals surface area contributed by atoms with Gasteiger partial charge in [-0.3, -0.25) is 4.79 Å². The summed E-state index contributed by atoms with van der Waals surface area (Å²) in [6.45, 7) is 6.65. The van der Waals surface area contributed by atoms with Crippen molar-refractivity contribution in [2.45, 2.75) is 44.8 Å². The molecule has 6 nitrogen and oxygen atoms in total. The first-order valence-corrected chi connectivity index (χ1v) is 12.2. The van der Waals surface area contributed by atoms with Gasteiger partial charge in [0, 0.05) is 12.5 Å². The predicted molar refractivity (Wildman–Crippen MR) is 121 cm³/mol. The zero-order valence-electron chi connectivity index (χ0n) is 18.5. The van der Waals surface area contributed by atoms with Gasteiger partial charge in [0.2, 0.25) is 20.9 Å². The van der Waals surface area contributed by atoms with E-state index in [1.54, 1.807) is 9.47 Å². The molecule has 0 spiro atoms. The van der Waals surface area contributed by atoms with Crippen LogP contribution in [-0.4, -0.2) is 35.3 Å². The Bertz CT molecular complexity index is 1160. The van der Waals surface area contributed by atoms with Gasteiger partial charge >= 0.3 is 0 Å². The van der Waals surface area contributed by atoms with E-state index >= 15 is 0 Å². The van der Waals surface area contributed by atoms with Crippen LogP contribution in [0, 0.1) is 11.7 Å². The highest BCUT2D eigenvalue weighted by atomic mass is 32.2. The maximum absolute atomic E-state index is 13.3. The summed E-state index contributed by atoms with van der Waals surface area (Å²) in [5.41, 5.74) is 2.04. The number of nitrogens with zero attached hydrogens (tertiary/aromatic N) is 3. The van der Waals surface area contributed by atoms with E-state index in [0.717, 1.165) is 5.56 Å². The SMILES string of the molecule is CCN(Cc1cnc(S(=O)(=O)Cc2ccc(F)cc2)n1Cc1ccccc1)C(=O)C(C)C. The third kappa shape index (κ3) is 5.62. The summed E-state index contributed by atoms with van der Waals surface area (Å²) in [5.74, 6) is -0.882. The third-order valence-electron chi connectivity index (χ3n) is 5.17. The lowest BCUT2D eigenvalue weighted by molar-refractivity contribution is -0.134. The Morgan fingerprint density at radius 2 is 1.72 bits per heavy atom. The highest BCUT2D eigenvalue weighted by molar-refractivity contribution is 7.90. The van der Waals surface area contributed by atoms with Crippen LogP contribution in [-0.2, 0) is 33.5 Å². The number of carbonyl (C=O) groups is 1. The molecule has 0 unspecified atom stereocenters. The maximum atomic E-state index is 13.3. The monoisotopic (exact) mass is 457 g/mol. The first kappa shape index (κ1) is 23.7. The molecule has 0 saturated carbocycles. The Morgan fingerprint density at radius 3 is 2.31 bits per heavy atom. The molecule has 2 aromatic carbocycles. The van der Waals surface area contributed by atoms with Crippen molar-refractivity contribution in [2.24, 2.45) is 5.92 Å². The quantitative estimate of drug-likeness (QED) is 0.486. The van der Waals surface area contributed by atoms with Gasteiger partial charge in [-0.2, -0.15) is 0 Å². The van der Waals surface area contributed by atoms with Gasteiger partial charge in [0.25, 0.3) is 0 Å². The molecule has 32 heavy (non-hydrogen) atoms. The summed E-state index contributed by atoms with van der Waals surface area (Å²) in [7, 11) is -3.81. The average molecular weight is 458 g/mol. The summed E-state index contributed by atoms with van der Waals surface area (Å²) in [5, 5.41) is -0.0614. The van der Waals surface area contributed by atoms with E-state index in [4.69, 9.17) is 0 Å². The van der Waals surface area contributed by atoms with Crippen LogP contribution in [0.15, 0.2) is 66.0 Å². The van der Waals surface area contributed by atoms with Crippen LogP contribution in [0.25, 0.3) is 0 Å². The van der Waals surface area contributed by atoms with Crippen LogP contribution in [0.2, 0.25) is 0 Å². The van der Waals surface area contributed by atoms with E-state index in [9.17, 15) is 17.6 Å². The standard InChI is InChI=1S/C24H28FN3O3S/c1-4-27(23(29)18(2)3)16-22-14-26-24(28(22)15-19-8-6-5-7-9-19)32(30,31)17-20-10-12-21(25)13-11-20/h5-14,18H,4,15-17H2,1-3H3. The van der Waals surface area contributed by atoms with E-state index in [2.05, 4.69) is 4.98 Å². The second kappa shape index (κ2) is 10.1. The van der Waals surface area contributed by atoms with Gasteiger partial charge < -0.3 is 9.47 Å². The second-order valence-electron chi connectivity index (χ2n) is 8.00. The highest BCUT2D eigenvalue weighted by Crippen LogP contribution is 2.21. The minimum Gasteiger partial charge on any atom is -0.337 e. The van der Waals surface area contributed by atoms with Crippen molar-refractivity contribution in [3.63, 3.8) is 0 Å². The number of aromatic nitrogens is 2. The molecule has 8 heteroatoms. The van der Waals surface area contributed by atoms with Crippen LogP contribution in [0.1, 0.15) is 37.6 Å². The zero-order valence-corrected chi connectivity index (χ0v) is 19.3. The molecule has 3 rings (SSSR count). The van der Waals surface area contributed by atoms with Crippen molar-refractivity contribution in [2.75, 3.05) is 6.54 Å². The first-order chi connectivity index (χ1) is 15.2. The number of halogens is 1. The number of sulfone groups is 1. The minimum absolute atomic E-state index is 0.00400.